The molecule has 0 spiro atoms. The fraction of sp³-hybridized carbons (Fsp3) is 0.531. The summed E-state index contributed by atoms with van der Waals surface area (Å²) in [7, 11) is 3.74. The molecule has 43 heavy (non-hydrogen) atoms. The Labute approximate surface area is 258 Å². The molecule has 4 heterocycles. The number of likely N-dealkylation sites (N-methyl/N-ethyl adjacent to an activating group) is 1. The molecule has 3 atom stereocenters. The van der Waals surface area contributed by atoms with Gasteiger partial charge in [-0.15, -0.1) is 11.8 Å². The Balaban J connectivity index is 1.48. The van der Waals surface area contributed by atoms with Crippen LogP contribution in [0.2, 0.25) is 0 Å². The van der Waals surface area contributed by atoms with Crippen LogP contribution in [0.5, 0.6) is 11.8 Å². The Hall–Kier alpha value is -3.62. The first-order chi connectivity index (χ1) is 20.9. The molecule has 1 amide bonds. The molecule has 0 saturated carbocycles. The summed E-state index contributed by atoms with van der Waals surface area (Å²) in [6.07, 6.45) is 5.70. The normalized spacial score (nSPS) is 22.0. The number of amides is 1. The van der Waals surface area contributed by atoms with Crippen molar-refractivity contribution in [3.05, 3.63) is 47.7 Å². The Morgan fingerprint density at radius 2 is 2.05 bits per heavy atom. The molecule has 1 aromatic carbocycles. The van der Waals surface area contributed by atoms with Crippen LogP contribution in [0.3, 0.4) is 0 Å². The fourth-order valence-electron chi connectivity index (χ4n) is 6.22. The first-order valence-electron chi connectivity index (χ1n) is 15.0. The molecule has 0 radical (unpaired) electrons. The van der Waals surface area contributed by atoms with E-state index in [1.165, 1.54) is 11.6 Å². The molecule has 2 aromatic rings. The van der Waals surface area contributed by atoms with Gasteiger partial charge in [-0.3, -0.25) is 9.59 Å². The summed E-state index contributed by atoms with van der Waals surface area (Å²) in [6.45, 7) is 8.46. The molecule has 2 unspecified atom stereocenters. The maximum atomic E-state index is 14.3. The molecule has 228 valence electrons. The van der Waals surface area contributed by atoms with Crippen LogP contribution in [-0.4, -0.2) is 95.7 Å². The number of hydrogen-bond acceptors (Lipinski definition) is 10. The van der Waals surface area contributed by atoms with Gasteiger partial charge >= 0.3 is 6.01 Å². The monoisotopic (exact) mass is 604 g/mol. The van der Waals surface area contributed by atoms with Gasteiger partial charge in [-0.1, -0.05) is 19.6 Å². The van der Waals surface area contributed by atoms with Crippen molar-refractivity contribution in [2.75, 3.05) is 51.8 Å². The van der Waals surface area contributed by atoms with Crippen LogP contribution in [0.25, 0.3) is 0 Å². The number of ether oxygens (including phenoxy) is 2. The summed E-state index contributed by atoms with van der Waals surface area (Å²) >= 11 is 1.56. The largest absolute Gasteiger partial charge is 0.497 e. The van der Waals surface area contributed by atoms with Gasteiger partial charge in [0.25, 0.3) is 0 Å². The number of nitriles is 1. The number of Topliss-reactive ketones (excluding diaryl/α,β-unsaturated/α-hetero) is 1. The third kappa shape index (κ3) is 6.65. The van der Waals surface area contributed by atoms with Crippen LogP contribution >= 0.6 is 11.8 Å². The maximum absolute atomic E-state index is 14.3. The van der Waals surface area contributed by atoms with Gasteiger partial charge < -0.3 is 24.2 Å². The average Bonchev–Trinajstić information content (AvgIpc) is 3.46. The lowest BCUT2D eigenvalue weighted by atomic mass is 10.00. The van der Waals surface area contributed by atoms with E-state index in [0.717, 1.165) is 42.0 Å². The lowest BCUT2D eigenvalue weighted by Gasteiger charge is -2.41. The summed E-state index contributed by atoms with van der Waals surface area (Å²) in [5.41, 5.74) is 2.38. The molecule has 5 rings (SSSR count). The van der Waals surface area contributed by atoms with Crippen molar-refractivity contribution in [3.63, 3.8) is 0 Å². The number of nitrogens with zero attached hydrogens (tertiary/aromatic N) is 6. The summed E-state index contributed by atoms with van der Waals surface area (Å²) in [5, 5.41) is 9.22. The zero-order chi connectivity index (χ0) is 30.5. The molecule has 10 nitrogen and oxygen atoms in total. The number of carbonyl (C=O) groups is 2. The SMILES string of the molecule is C=CC(=O)N1CCN(c2nc(OCC3CCCN3C)nc(C(=O)[C@H]3CCc4ccc(OC)cc4S3)c2CC)CC1CC#N. The number of hydrogen-bond donors (Lipinski definition) is 0. The highest BCUT2D eigenvalue weighted by Crippen LogP contribution is 2.40. The number of methoxy groups -OCH3 is 1. The van der Waals surface area contributed by atoms with Crippen molar-refractivity contribution in [3.8, 4) is 17.8 Å². The van der Waals surface area contributed by atoms with Gasteiger partial charge in [0, 0.05) is 36.1 Å². The minimum absolute atomic E-state index is 0.0316. The van der Waals surface area contributed by atoms with Gasteiger partial charge in [-0.05, 0) is 69.5 Å². The zero-order valence-corrected chi connectivity index (χ0v) is 26.1. The van der Waals surface area contributed by atoms with Gasteiger partial charge in [0.2, 0.25) is 5.91 Å². The number of piperazine rings is 1. The van der Waals surface area contributed by atoms with E-state index in [2.05, 4.69) is 35.6 Å². The number of anilines is 1. The Morgan fingerprint density at radius 3 is 2.74 bits per heavy atom. The van der Waals surface area contributed by atoms with Crippen LogP contribution in [0.4, 0.5) is 5.82 Å². The van der Waals surface area contributed by atoms with Crippen molar-refractivity contribution >= 4 is 29.3 Å². The lowest BCUT2D eigenvalue weighted by Crippen LogP contribution is -2.55. The third-order valence-corrected chi connectivity index (χ3v) is 10.1. The summed E-state index contributed by atoms with van der Waals surface area (Å²) in [6, 6.07) is 8.39. The quantitative estimate of drug-likeness (QED) is 0.292. The van der Waals surface area contributed by atoms with E-state index in [9.17, 15) is 14.9 Å². The summed E-state index contributed by atoms with van der Waals surface area (Å²) < 4.78 is 11.6. The predicted molar refractivity (Wildman–Crippen MR) is 166 cm³/mol. The Bertz CT molecular complexity index is 1410. The summed E-state index contributed by atoms with van der Waals surface area (Å²) in [5.74, 6) is 1.19. The van der Waals surface area contributed by atoms with E-state index in [1.54, 1.807) is 23.8 Å². The second kappa shape index (κ2) is 13.8. The van der Waals surface area contributed by atoms with Crippen LogP contribution in [0, 0.1) is 11.3 Å². The van der Waals surface area contributed by atoms with Crippen molar-refractivity contribution in [1.82, 2.24) is 19.8 Å². The van der Waals surface area contributed by atoms with Crippen molar-refractivity contribution in [2.45, 2.75) is 67.7 Å². The number of benzene rings is 1. The lowest BCUT2D eigenvalue weighted by molar-refractivity contribution is -0.128. The number of aromatic nitrogens is 2. The third-order valence-electron chi connectivity index (χ3n) is 8.71. The Kier molecular flexibility index (Phi) is 9.88. The fourth-order valence-corrected chi connectivity index (χ4v) is 7.48. The number of aryl methyl sites for hydroxylation is 1. The highest BCUT2D eigenvalue weighted by molar-refractivity contribution is 8.00. The molecule has 11 heteroatoms. The molecular weight excluding hydrogens is 564 g/mol. The molecule has 3 aliphatic heterocycles. The van der Waals surface area contributed by atoms with Crippen LogP contribution in [-0.2, 0) is 17.6 Å². The Morgan fingerprint density at radius 1 is 1.21 bits per heavy atom. The van der Waals surface area contributed by atoms with Crippen molar-refractivity contribution in [2.24, 2.45) is 0 Å². The number of likely N-dealkylation sites (tertiary alicyclic amines) is 1. The second-order valence-corrected chi connectivity index (χ2v) is 12.5. The zero-order valence-electron chi connectivity index (χ0n) is 25.3. The molecule has 0 N–H and O–H groups in total. The number of carbonyl (C=O) groups excluding carboxylic acids is 2. The molecule has 2 fully saturated rings. The molecule has 0 aliphatic carbocycles. The standard InChI is InChI=1S/C32H40N6O4S/c1-5-25-29(30(40)26-12-10-21-9-11-24(41-4)18-27(21)43-26)34-32(42-20-23-8-7-15-36(23)3)35-31(25)37-16-17-38(28(39)6-2)22(19-37)13-14-33/h6,9,11,18,22-23,26H,2,5,7-8,10,12-13,15-17,19-20H2,1,3-4H3/t22?,23?,26-/m1/s1. The first-order valence-corrected chi connectivity index (χ1v) is 15.9. The van der Waals surface area contributed by atoms with Crippen molar-refractivity contribution < 1.29 is 19.1 Å². The van der Waals surface area contributed by atoms with E-state index in [-0.39, 0.29) is 41.5 Å². The van der Waals surface area contributed by atoms with E-state index in [4.69, 9.17) is 19.4 Å². The topological polar surface area (TPSA) is 112 Å². The van der Waals surface area contributed by atoms with E-state index in [0.29, 0.717) is 50.6 Å². The molecule has 0 bridgehead atoms. The van der Waals surface area contributed by atoms with Crippen LogP contribution in [0.1, 0.15) is 54.2 Å². The van der Waals surface area contributed by atoms with E-state index < -0.39 is 0 Å². The highest BCUT2D eigenvalue weighted by atomic mass is 32.2. The van der Waals surface area contributed by atoms with Gasteiger partial charge in [0.1, 0.15) is 23.9 Å². The molecule has 1 aromatic heterocycles. The minimum atomic E-state index is -0.319. The maximum Gasteiger partial charge on any atom is 0.319 e. The average molecular weight is 605 g/mol. The number of thioether (sulfide) groups is 1. The smallest absolute Gasteiger partial charge is 0.319 e. The predicted octanol–water partition coefficient (Wildman–Crippen LogP) is 3.93. The van der Waals surface area contributed by atoms with Crippen LogP contribution in [0.15, 0.2) is 35.7 Å². The molecule has 3 aliphatic rings. The van der Waals surface area contributed by atoms with Crippen molar-refractivity contribution in [1.29, 1.82) is 5.26 Å². The summed E-state index contributed by atoms with van der Waals surface area (Å²) in [4.78, 5) is 43.5. The molecular formula is C32H40N6O4S. The van der Waals surface area contributed by atoms with Gasteiger partial charge in [-0.25, -0.2) is 0 Å². The van der Waals surface area contributed by atoms with Gasteiger partial charge in [0.05, 0.1) is 30.9 Å². The van der Waals surface area contributed by atoms with Gasteiger partial charge in [-0.2, -0.15) is 15.2 Å². The van der Waals surface area contributed by atoms with E-state index >= 15 is 0 Å². The minimum Gasteiger partial charge on any atom is -0.497 e. The van der Waals surface area contributed by atoms with Gasteiger partial charge in [0.15, 0.2) is 5.78 Å². The first kappa shape index (κ1) is 30.8. The van der Waals surface area contributed by atoms with E-state index in [1.807, 2.05) is 19.1 Å². The number of fused-ring (bicyclic) bond motifs is 1. The molecule has 2 saturated heterocycles. The van der Waals surface area contributed by atoms with Crippen LogP contribution < -0.4 is 14.4 Å². The number of ketones is 1. The highest BCUT2D eigenvalue weighted by Gasteiger charge is 2.35. The second-order valence-electron chi connectivity index (χ2n) is 11.3. The number of rotatable bonds is 10.